The number of nitrogens with one attached hydrogen (secondary N) is 2. The van der Waals surface area contributed by atoms with Gasteiger partial charge in [0.15, 0.2) is 5.11 Å². The van der Waals surface area contributed by atoms with Gasteiger partial charge in [-0.05, 0) is 36.7 Å². The Labute approximate surface area is 103 Å². The van der Waals surface area contributed by atoms with Crippen LogP contribution in [0, 0.1) is 5.41 Å². The van der Waals surface area contributed by atoms with Crippen molar-refractivity contribution in [2.75, 3.05) is 5.32 Å². The summed E-state index contributed by atoms with van der Waals surface area (Å²) in [6, 6.07) is 10.3. The first-order chi connectivity index (χ1) is 7.39. The molecule has 1 rings (SSSR count). The normalized spacial score (nSPS) is 13.0. The van der Waals surface area contributed by atoms with Crippen LogP contribution in [0.15, 0.2) is 30.3 Å². The maximum Gasteiger partial charge on any atom is 0.171 e. The Bertz CT molecular complexity index is 341. The van der Waals surface area contributed by atoms with Gasteiger partial charge in [-0.15, -0.1) is 0 Å². The van der Waals surface area contributed by atoms with Gasteiger partial charge in [-0.3, -0.25) is 0 Å². The van der Waals surface area contributed by atoms with E-state index in [1.165, 1.54) is 0 Å². The van der Waals surface area contributed by atoms with Gasteiger partial charge in [0, 0.05) is 11.7 Å². The van der Waals surface area contributed by atoms with E-state index in [0.717, 1.165) is 5.69 Å². The lowest BCUT2D eigenvalue weighted by Crippen LogP contribution is -2.43. The molecule has 0 bridgehead atoms. The van der Waals surface area contributed by atoms with Gasteiger partial charge in [-0.25, -0.2) is 0 Å². The van der Waals surface area contributed by atoms with E-state index in [0.29, 0.717) is 11.2 Å². The molecular formula is C13H20N2S. The van der Waals surface area contributed by atoms with E-state index >= 15 is 0 Å². The van der Waals surface area contributed by atoms with Gasteiger partial charge in [0.05, 0.1) is 0 Å². The highest BCUT2D eigenvalue weighted by Crippen LogP contribution is 2.18. The maximum atomic E-state index is 5.26. The van der Waals surface area contributed by atoms with Crippen molar-refractivity contribution in [2.24, 2.45) is 5.41 Å². The van der Waals surface area contributed by atoms with Crippen LogP contribution in [0.1, 0.15) is 27.7 Å². The second-order valence-corrected chi connectivity index (χ2v) is 5.46. The van der Waals surface area contributed by atoms with Crippen molar-refractivity contribution < 1.29 is 0 Å². The van der Waals surface area contributed by atoms with Crippen molar-refractivity contribution >= 4 is 23.0 Å². The largest absolute Gasteiger partial charge is 0.359 e. The van der Waals surface area contributed by atoms with E-state index in [-0.39, 0.29) is 5.41 Å². The highest BCUT2D eigenvalue weighted by Gasteiger charge is 2.20. The molecule has 0 saturated carbocycles. The Kier molecular flexibility index (Phi) is 4.30. The average Bonchev–Trinajstić information content (AvgIpc) is 2.17. The molecule has 2 N–H and O–H groups in total. The van der Waals surface area contributed by atoms with Gasteiger partial charge in [-0.1, -0.05) is 39.0 Å². The number of hydrogen-bond acceptors (Lipinski definition) is 1. The van der Waals surface area contributed by atoms with Crippen molar-refractivity contribution in [1.29, 1.82) is 0 Å². The third-order valence-corrected chi connectivity index (χ3v) is 2.90. The Balaban J connectivity index is 2.49. The van der Waals surface area contributed by atoms with Gasteiger partial charge < -0.3 is 10.6 Å². The summed E-state index contributed by atoms with van der Waals surface area (Å²) in [7, 11) is 0. The number of rotatable bonds is 2. The Hall–Kier alpha value is -1.09. The lowest BCUT2D eigenvalue weighted by molar-refractivity contribution is 0.317. The van der Waals surface area contributed by atoms with E-state index in [1.807, 2.05) is 30.3 Å². The number of thiocarbonyl (C=S) groups is 1. The van der Waals surface area contributed by atoms with Crippen molar-refractivity contribution in [3.63, 3.8) is 0 Å². The Morgan fingerprint density at radius 3 is 2.25 bits per heavy atom. The number of benzene rings is 1. The second kappa shape index (κ2) is 5.30. The van der Waals surface area contributed by atoms with Gasteiger partial charge in [0.25, 0.3) is 0 Å². The van der Waals surface area contributed by atoms with Gasteiger partial charge in [0.2, 0.25) is 0 Å². The van der Waals surface area contributed by atoms with Gasteiger partial charge in [-0.2, -0.15) is 0 Å². The zero-order valence-electron chi connectivity index (χ0n) is 10.4. The monoisotopic (exact) mass is 236 g/mol. The third kappa shape index (κ3) is 4.19. The summed E-state index contributed by atoms with van der Waals surface area (Å²) in [5, 5.41) is 7.13. The summed E-state index contributed by atoms with van der Waals surface area (Å²) in [6.45, 7) is 8.71. The fourth-order valence-corrected chi connectivity index (χ4v) is 1.40. The summed E-state index contributed by atoms with van der Waals surface area (Å²) in [5.74, 6) is 0. The van der Waals surface area contributed by atoms with E-state index in [9.17, 15) is 0 Å². The molecule has 0 radical (unpaired) electrons. The zero-order chi connectivity index (χ0) is 12.2. The van der Waals surface area contributed by atoms with Gasteiger partial charge >= 0.3 is 0 Å². The van der Waals surface area contributed by atoms with Crippen molar-refractivity contribution in [1.82, 2.24) is 5.32 Å². The third-order valence-electron chi connectivity index (χ3n) is 2.68. The molecule has 1 aromatic rings. The van der Waals surface area contributed by atoms with Crippen LogP contribution in [0.4, 0.5) is 5.69 Å². The van der Waals surface area contributed by atoms with Crippen LogP contribution in [0.2, 0.25) is 0 Å². The molecule has 0 aliphatic heterocycles. The molecule has 0 heterocycles. The van der Waals surface area contributed by atoms with Crippen molar-refractivity contribution in [3.05, 3.63) is 30.3 Å². The minimum atomic E-state index is 0.197. The lowest BCUT2D eigenvalue weighted by atomic mass is 9.88. The highest BCUT2D eigenvalue weighted by atomic mass is 32.1. The predicted molar refractivity (Wildman–Crippen MR) is 74.7 cm³/mol. The standard InChI is InChI=1S/C13H20N2S/c1-10(13(2,3)4)14-12(16)15-11-8-6-5-7-9-11/h5-10H,1-4H3,(H2,14,15,16). The fourth-order valence-electron chi connectivity index (χ4n) is 1.10. The van der Waals surface area contributed by atoms with Crippen molar-refractivity contribution in [3.8, 4) is 0 Å². The zero-order valence-corrected chi connectivity index (χ0v) is 11.2. The molecule has 0 spiro atoms. The molecule has 0 aromatic heterocycles. The molecule has 0 aliphatic carbocycles. The highest BCUT2D eigenvalue weighted by molar-refractivity contribution is 7.80. The van der Waals surface area contributed by atoms with Crippen LogP contribution in [0.5, 0.6) is 0 Å². The average molecular weight is 236 g/mol. The fraction of sp³-hybridized carbons (Fsp3) is 0.462. The van der Waals surface area contributed by atoms with Crippen LogP contribution in [-0.4, -0.2) is 11.2 Å². The molecule has 1 unspecified atom stereocenters. The second-order valence-electron chi connectivity index (χ2n) is 5.05. The molecule has 0 fully saturated rings. The first-order valence-corrected chi connectivity index (χ1v) is 5.93. The van der Waals surface area contributed by atoms with E-state index in [1.54, 1.807) is 0 Å². The van der Waals surface area contributed by atoms with Gasteiger partial charge in [0.1, 0.15) is 0 Å². The van der Waals surface area contributed by atoms with E-state index < -0.39 is 0 Å². The molecule has 1 aromatic carbocycles. The van der Waals surface area contributed by atoms with E-state index in [4.69, 9.17) is 12.2 Å². The molecule has 16 heavy (non-hydrogen) atoms. The van der Waals surface area contributed by atoms with Crippen LogP contribution < -0.4 is 10.6 Å². The minimum absolute atomic E-state index is 0.197. The Morgan fingerprint density at radius 2 is 1.75 bits per heavy atom. The number of para-hydroxylation sites is 1. The molecular weight excluding hydrogens is 216 g/mol. The smallest absolute Gasteiger partial charge is 0.171 e. The van der Waals surface area contributed by atoms with Crippen molar-refractivity contribution in [2.45, 2.75) is 33.7 Å². The molecule has 0 aliphatic rings. The summed E-state index contributed by atoms with van der Waals surface area (Å²) in [5.41, 5.74) is 1.21. The molecule has 2 nitrogen and oxygen atoms in total. The minimum Gasteiger partial charge on any atom is -0.359 e. The summed E-state index contributed by atoms with van der Waals surface area (Å²) in [6.07, 6.45) is 0. The predicted octanol–water partition coefficient (Wildman–Crippen LogP) is 3.41. The molecule has 0 amide bonds. The van der Waals surface area contributed by atoms with Crippen LogP contribution in [-0.2, 0) is 0 Å². The van der Waals surface area contributed by atoms with Crippen LogP contribution in [0.25, 0.3) is 0 Å². The molecule has 88 valence electrons. The summed E-state index contributed by atoms with van der Waals surface area (Å²) >= 11 is 5.26. The summed E-state index contributed by atoms with van der Waals surface area (Å²) in [4.78, 5) is 0. The van der Waals surface area contributed by atoms with Crippen LogP contribution >= 0.6 is 12.2 Å². The molecule has 3 heteroatoms. The first kappa shape index (κ1) is 13.0. The number of hydrogen-bond donors (Lipinski definition) is 2. The molecule has 1 atom stereocenters. The topological polar surface area (TPSA) is 24.1 Å². The first-order valence-electron chi connectivity index (χ1n) is 5.52. The van der Waals surface area contributed by atoms with Crippen LogP contribution in [0.3, 0.4) is 0 Å². The number of anilines is 1. The summed E-state index contributed by atoms with van der Waals surface area (Å²) < 4.78 is 0. The lowest BCUT2D eigenvalue weighted by Gasteiger charge is -2.29. The molecule has 0 saturated heterocycles. The maximum absolute atomic E-state index is 5.26. The SMILES string of the molecule is CC(NC(=S)Nc1ccccc1)C(C)(C)C. The van der Waals surface area contributed by atoms with E-state index in [2.05, 4.69) is 38.3 Å². The quantitative estimate of drug-likeness (QED) is 0.770. The Morgan fingerprint density at radius 1 is 1.19 bits per heavy atom.